The highest BCUT2D eigenvalue weighted by atomic mass is 19.4. The molecule has 0 aliphatic rings. The minimum atomic E-state index is -4.68. The van der Waals surface area contributed by atoms with Crippen molar-refractivity contribution in [3.05, 3.63) is 24.3 Å². The fourth-order valence-electron chi connectivity index (χ4n) is 1.10. The number of hydrogen-bond acceptors (Lipinski definition) is 4. The van der Waals surface area contributed by atoms with Crippen molar-refractivity contribution in [2.75, 3.05) is 12.0 Å². The van der Waals surface area contributed by atoms with E-state index < -0.39 is 6.36 Å². The van der Waals surface area contributed by atoms with Crippen LogP contribution in [0.4, 0.5) is 18.9 Å². The van der Waals surface area contributed by atoms with E-state index in [1.807, 2.05) is 0 Å². The molecule has 0 radical (unpaired) electrons. The zero-order valence-electron chi connectivity index (χ0n) is 9.44. The predicted octanol–water partition coefficient (Wildman–Crippen LogP) is 2.76. The molecule has 2 N–H and O–H groups in total. The SMILES string of the molecule is OCCCC=NNc1ccc(OC(F)(F)F)cc1. The third kappa shape index (κ3) is 6.09. The molecule has 0 aromatic heterocycles. The van der Waals surface area contributed by atoms with Gasteiger partial charge in [-0.15, -0.1) is 13.2 Å². The fraction of sp³-hybridized carbons (Fsp3) is 0.364. The number of alkyl halides is 3. The second kappa shape index (κ2) is 6.85. The van der Waals surface area contributed by atoms with E-state index in [2.05, 4.69) is 15.3 Å². The van der Waals surface area contributed by atoms with E-state index >= 15 is 0 Å². The van der Waals surface area contributed by atoms with Crippen LogP contribution in [0, 0.1) is 0 Å². The Hall–Kier alpha value is -1.76. The molecule has 0 saturated carbocycles. The minimum Gasteiger partial charge on any atom is -0.406 e. The second-order valence-corrected chi connectivity index (χ2v) is 3.36. The molecular formula is C11H13F3N2O2. The maximum atomic E-state index is 11.9. The van der Waals surface area contributed by atoms with Gasteiger partial charge in [0.25, 0.3) is 0 Å². The maximum absolute atomic E-state index is 11.9. The van der Waals surface area contributed by atoms with Gasteiger partial charge in [0.1, 0.15) is 5.75 Å². The Morgan fingerprint density at radius 1 is 1.28 bits per heavy atom. The number of benzene rings is 1. The highest BCUT2D eigenvalue weighted by Gasteiger charge is 2.30. The highest BCUT2D eigenvalue weighted by molar-refractivity contribution is 5.59. The van der Waals surface area contributed by atoms with Gasteiger partial charge >= 0.3 is 6.36 Å². The highest BCUT2D eigenvalue weighted by Crippen LogP contribution is 2.23. The molecule has 0 unspecified atom stereocenters. The zero-order chi connectivity index (χ0) is 13.4. The van der Waals surface area contributed by atoms with Gasteiger partial charge in [0.15, 0.2) is 0 Å². The van der Waals surface area contributed by atoms with Crippen LogP contribution in [0.5, 0.6) is 5.75 Å². The number of hydrogen-bond donors (Lipinski definition) is 2. The van der Waals surface area contributed by atoms with Gasteiger partial charge in [-0.05, 0) is 37.1 Å². The van der Waals surface area contributed by atoms with Crippen LogP contribution in [0.1, 0.15) is 12.8 Å². The monoisotopic (exact) mass is 262 g/mol. The molecule has 0 heterocycles. The average molecular weight is 262 g/mol. The molecule has 1 aromatic carbocycles. The molecule has 0 fully saturated rings. The van der Waals surface area contributed by atoms with Gasteiger partial charge in [0.2, 0.25) is 0 Å². The maximum Gasteiger partial charge on any atom is 0.573 e. The molecule has 18 heavy (non-hydrogen) atoms. The summed E-state index contributed by atoms with van der Waals surface area (Å²) in [6.07, 6.45) is -1.87. The lowest BCUT2D eigenvalue weighted by Gasteiger charge is -2.08. The number of halogens is 3. The third-order valence-electron chi connectivity index (χ3n) is 1.86. The Labute approximate surface area is 102 Å². The second-order valence-electron chi connectivity index (χ2n) is 3.36. The third-order valence-corrected chi connectivity index (χ3v) is 1.86. The number of aliphatic hydroxyl groups is 1. The van der Waals surface area contributed by atoms with E-state index in [0.29, 0.717) is 18.5 Å². The molecule has 1 aromatic rings. The Kier molecular flexibility index (Phi) is 5.44. The van der Waals surface area contributed by atoms with Crippen LogP contribution in [0.25, 0.3) is 0 Å². The van der Waals surface area contributed by atoms with E-state index in [-0.39, 0.29) is 12.4 Å². The van der Waals surface area contributed by atoms with Gasteiger partial charge in [-0.1, -0.05) is 0 Å². The van der Waals surface area contributed by atoms with Crippen LogP contribution in [0.2, 0.25) is 0 Å². The van der Waals surface area contributed by atoms with Gasteiger partial charge in [0.05, 0.1) is 5.69 Å². The number of unbranched alkanes of at least 4 members (excludes halogenated alkanes) is 1. The molecule has 100 valence electrons. The molecule has 0 atom stereocenters. The summed E-state index contributed by atoms with van der Waals surface area (Å²) in [6, 6.07) is 5.23. The summed E-state index contributed by atoms with van der Waals surface area (Å²) in [5.74, 6) is -0.280. The van der Waals surface area contributed by atoms with Gasteiger partial charge in [-0.3, -0.25) is 5.43 Å². The van der Waals surface area contributed by atoms with Crippen LogP contribution in [0.15, 0.2) is 29.4 Å². The molecule has 0 saturated heterocycles. The lowest BCUT2D eigenvalue weighted by molar-refractivity contribution is -0.274. The Balaban J connectivity index is 2.43. The van der Waals surface area contributed by atoms with E-state index in [1.165, 1.54) is 24.3 Å². The molecule has 0 aliphatic heterocycles. The van der Waals surface area contributed by atoms with Gasteiger partial charge < -0.3 is 9.84 Å². The van der Waals surface area contributed by atoms with Gasteiger partial charge in [0, 0.05) is 12.8 Å². The molecule has 0 spiro atoms. The van der Waals surface area contributed by atoms with Gasteiger partial charge in [-0.2, -0.15) is 5.10 Å². The topological polar surface area (TPSA) is 53.9 Å². The number of nitrogens with one attached hydrogen (secondary N) is 1. The van der Waals surface area contributed by atoms with Crippen LogP contribution in [-0.2, 0) is 0 Å². The summed E-state index contributed by atoms with van der Waals surface area (Å²) in [5, 5.41) is 12.4. The summed E-state index contributed by atoms with van der Waals surface area (Å²) >= 11 is 0. The van der Waals surface area contributed by atoms with E-state index in [1.54, 1.807) is 6.21 Å². The number of rotatable bonds is 6. The summed E-state index contributed by atoms with van der Waals surface area (Å²) < 4.78 is 39.4. The summed E-state index contributed by atoms with van der Waals surface area (Å²) in [5.41, 5.74) is 3.19. The van der Waals surface area contributed by atoms with Crippen molar-refractivity contribution in [3.63, 3.8) is 0 Å². The van der Waals surface area contributed by atoms with Crippen molar-refractivity contribution in [2.45, 2.75) is 19.2 Å². The first-order chi connectivity index (χ1) is 8.51. The lowest BCUT2D eigenvalue weighted by atomic mass is 10.3. The zero-order valence-corrected chi connectivity index (χ0v) is 9.44. The molecule has 0 bridgehead atoms. The first-order valence-electron chi connectivity index (χ1n) is 5.25. The Morgan fingerprint density at radius 3 is 2.50 bits per heavy atom. The molecule has 1 rings (SSSR count). The van der Waals surface area contributed by atoms with Crippen LogP contribution in [0.3, 0.4) is 0 Å². The van der Waals surface area contributed by atoms with E-state index in [0.717, 1.165) is 0 Å². The quantitative estimate of drug-likeness (QED) is 0.471. The first-order valence-corrected chi connectivity index (χ1v) is 5.25. The molecule has 4 nitrogen and oxygen atoms in total. The minimum absolute atomic E-state index is 0.0928. The van der Waals surface area contributed by atoms with Crippen molar-refractivity contribution in [1.82, 2.24) is 0 Å². The van der Waals surface area contributed by atoms with E-state index in [4.69, 9.17) is 5.11 Å². The Bertz CT molecular complexity index is 377. The Morgan fingerprint density at radius 2 is 1.94 bits per heavy atom. The fourth-order valence-corrected chi connectivity index (χ4v) is 1.10. The number of aliphatic hydroxyl groups excluding tert-OH is 1. The molecule has 0 aliphatic carbocycles. The number of anilines is 1. The van der Waals surface area contributed by atoms with Crippen LogP contribution < -0.4 is 10.2 Å². The summed E-state index contributed by atoms with van der Waals surface area (Å²) in [6.45, 7) is 0.0928. The van der Waals surface area contributed by atoms with Crippen molar-refractivity contribution in [3.8, 4) is 5.75 Å². The number of ether oxygens (including phenoxy) is 1. The van der Waals surface area contributed by atoms with Gasteiger partial charge in [-0.25, -0.2) is 0 Å². The van der Waals surface area contributed by atoms with E-state index in [9.17, 15) is 13.2 Å². The average Bonchev–Trinajstić information content (AvgIpc) is 2.29. The van der Waals surface area contributed by atoms with Crippen molar-refractivity contribution >= 4 is 11.9 Å². The molecular weight excluding hydrogens is 249 g/mol. The van der Waals surface area contributed by atoms with Crippen molar-refractivity contribution < 1.29 is 23.0 Å². The van der Waals surface area contributed by atoms with Crippen molar-refractivity contribution in [2.24, 2.45) is 5.10 Å². The number of hydrazone groups is 1. The normalized spacial score (nSPS) is 11.8. The summed E-state index contributed by atoms with van der Waals surface area (Å²) in [4.78, 5) is 0. The van der Waals surface area contributed by atoms with Crippen molar-refractivity contribution in [1.29, 1.82) is 0 Å². The summed E-state index contributed by atoms with van der Waals surface area (Å²) in [7, 11) is 0. The number of nitrogens with zero attached hydrogens (tertiary/aromatic N) is 1. The smallest absolute Gasteiger partial charge is 0.406 e. The predicted molar refractivity (Wildman–Crippen MR) is 61.6 cm³/mol. The van der Waals surface area contributed by atoms with Crippen LogP contribution >= 0.6 is 0 Å². The first kappa shape index (κ1) is 14.3. The van der Waals surface area contributed by atoms with Crippen LogP contribution in [-0.4, -0.2) is 24.3 Å². The largest absolute Gasteiger partial charge is 0.573 e. The lowest BCUT2D eigenvalue weighted by Crippen LogP contribution is -2.16. The molecule has 0 amide bonds. The standard InChI is InChI=1S/C11H13F3N2O2/c12-11(13,14)18-10-5-3-9(4-6-10)16-15-7-1-2-8-17/h3-7,16-17H,1-2,8H2. The molecule has 7 heteroatoms.